The largest absolute Gasteiger partial charge is 0.348 e. The molecule has 4 aromatic rings. The van der Waals surface area contributed by atoms with E-state index in [1.165, 1.54) is 6.33 Å². The van der Waals surface area contributed by atoms with Gasteiger partial charge in [-0.1, -0.05) is 6.07 Å². The summed E-state index contributed by atoms with van der Waals surface area (Å²) in [6, 6.07) is 7.06. The number of aromatic nitrogens is 7. The van der Waals surface area contributed by atoms with Crippen molar-refractivity contribution >= 4 is 5.91 Å². The van der Waals surface area contributed by atoms with Crippen molar-refractivity contribution in [2.45, 2.75) is 6.54 Å². The predicted octanol–water partition coefficient (Wildman–Crippen LogP) is 1.17. The second kappa shape index (κ2) is 6.93. The summed E-state index contributed by atoms with van der Waals surface area (Å²) in [7, 11) is 0. The third-order valence-electron chi connectivity index (χ3n) is 3.72. The van der Waals surface area contributed by atoms with Gasteiger partial charge in [-0.3, -0.25) is 9.36 Å². The summed E-state index contributed by atoms with van der Waals surface area (Å²) in [6.07, 6.45) is 11.3. The Morgan fingerprint density at radius 3 is 2.85 bits per heavy atom. The van der Waals surface area contributed by atoms with E-state index in [1.54, 1.807) is 58.8 Å². The maximum absolute atomic E-state index is 12.5. The van der Waals surface area contributed by atoms with E-state index in [9.17, 15) is 4.79 Å². The van der Waals surface area contributed by atoms with Crippen molar-refractivity contribution in [2.75, 3.05) is 0 Å². The Bertz CT molecular complexity index is 1010. The molecule has 9 heteroatoms. The highest BCUT2D eigenvalue weighted by Crippen LogP contribution is 2.11. The number of nitrogens with zero attached hydrogens (tertiary/aromatic N) is 7. The van der Waals surface area contributed by atoms with Crippen LogP contribution in [0.2, 0.25) is 0 Å². The molecule has 4 rings (SSSR count). The fraction of sp³-hybridized carbons (Fsp3) is 0.0588. The Hall–Kier alpha value is -3.88. The van der Waals surface area contributed by atoms with Crippen LogP contribution in [0.3, 0.4) is 0 Å². The van der Waals surface area contributed by atoms with Gasteiger partial charge in [0, 0.05) is 42.5 Å². The summed E-state index contributed by atoms with van der Waals surface area (Å²) in [6.45, 7) is 0.310. The molecule has 1 amide bonds. The van der Waals surface area contributed by atoms with E-state index in [0.717, 1.165) is 5.56 Å². The van der Waals surface area contributed by atoms with Crippen molar-refractivity contribution in [3.05, 3.63) is 79.2 Å². The molecule has 0 unspecified atom stereocenters. The number of hydrogen-bond donors (Lipinski definition) is 1. The summed E-state index contributed by atoms with van der Waals surface area (Å²) in [5, 5.41) is 6.98. The van der Waals surface area contributed by atoms with E-state index < -0.39 is 0 Å². The van der Waals surface area contributed by atoms with Crippen LogP contribution in [0.15, 0.2) is 68.0 Å². The molecule has 0 saturated carbocycles. The van der Waals surface area contributed by atoms with E-state index in [1.807, 2.05) is 12.1 Å². The van der Waals surface area contributed by atoms with E-state index in [4.69, 9.17) is 0 Å². The summed E-state index contributed by atoms with van der Waals surface area (Å²) in [5.74, 6) is 1.04. The lowest BCUT2D eigenvalue weighted by atomic mass is 10.2. The molecule has 0 fully saturated rings. The number of carbonyl (C=O) groups is 1. The van der Waals surface area contributed by atoms with Gasteiger partial charge in [-0.05, 0) is 18.2 Å². The molecule has 1 N–H and O–H groups in total. The van der Waals surface area contributed by atoms with Crippen LogP contribution in [-0.4, -0.2) is 40.2 Å². The first kappa shape index (κ1) is 15.6. The van der Waals surface area contributed by atoms with Gasteiger partial charge in [-0.2, -0.15) is 5.10 Å². The molecule has 9 nitrogen and oxygen atoms in total. The molecular formula is C17H14N8O. The molecular weight excluding hydrogens is 332 g/mol. The van der Waals surface area contributed by atoms with Crippen LogP contribution >= 0.6 is 0 Å². The number of imidazole rings is 1. The molecule has 0 bridgehead atoms. The molecule has 0 aliphatic carbocycles. The third kappa shape index (κ3) is 3.18. The monoisotopic (exact) mass is 346 g/mol. The SMILES string of the molecule is O=C(NCc1cccnc1-n1cncn1)c1ccnc(-n2ccnc2)c1. The van der Waals surface area contributed by atoms with Gasteiger partial charge < -0.3 is 5.32 Å². The highest BCUT2D eigenvalue weighted by atomic mass is 16.1. The van der Waals surface area contributed by atoms with Crippen LogP contribution in [-0.2, 0) is 6.54 Å². The van der Waals surface area contributed by atoms with Gasteiger partial charge in [0.25, 0.3) is 5.91 Å². The number of pyridine rings is 2. The number of hydrogen-bond acceptors (Lipinski definition) is 6. The smallest absolute Gasteiger partial charge is 0.251 e. The number of amides is 1. The van der Waals surface area contributed by atoms with Crippen LogP contribution in [0.25, 0.3) is 11.6 Å². The van der Waals surface area contributed by atoms with Crippen LogP contribution < -0.4 is 5.32 Å². The van der Waals surface area contributed by atoms with Crippen LogP contribution in [0.4, 0.5) is 0 Å². The van der Waals surface area contributed by atoms with Gasteiger partial charge in [0.2, 0.25) is 0 Å². The summed E-state index contributed by atoms with van der Waals surface area (Å²) in [4.78, 5) is 29.0. The Kier molecular flexibility index (Phi) is 4.17. The van der Waals surface area contributed by atoms with Crippen molar-refractivity contribution < 1.29 is 4.79 Å². The molecule has 0 aromatic carbocycles. The average molecular weight is 346 g/mol. The Labute approximate surface area is 148 Å². The first-order valence-electron chi connectivity index (χ1n) is 7.83. The molecule has 0 atom stereocenters. The quantitative estimate of drug-likeness (QED) is 0.582. The molecule has 0 spiro atoms. The lowest BCUT2D eigenvalue weighted by Crippen LogP contribution is -2.24. The lowest BCUT2D eigenvalue weighted by molar-refractivity contribution is 0.0950. The maximum atomic E-state index is 12.5. The number of carbonyl (C=O) groups excluding carboxylic acids is 1. The highest BCUT2D eigenvalue weighted by Gasteiger charge is 2.11. The maximum Gasteiger partial charge on any atom is 0.251 e. The Morgan fingerprint density at radius 1 is 1.08 bits per heavy atom. The van der Waals surface area contributed by atoms with Gasteiger partial charge in [0.05, 0.1) is 0 Å². The average Bonchev–Trinajstić information content (AvgIpc) is 3.40. The van der Waals surface area contributed by atoms with Crippen LogP contribution in [0.5, 0.6) is 0 Å². The summed E-state index contributed by atoms with van der Waals surface area (Å²) < 4.78 is 3.30. The zero-order valence-corrected chi connectivity index (χ0v) is 13.6. The van der Waals surface area contributed by atoms with Crippen molar-refractivity contribution in [2.24, 2.45) is 0 Å². The number of nitrogens with one attached hydrogen (secondary N) is 1. The molecule has 0 radical (unpaired) electrons. The zero-order valence-electron chi connectivity index (χ0n) is 13.6. The summed E-state index contributed by atoms with van der Waals surface area (Å²) >= 11 is 0. The van der Waals surface area contributed by atoms with Gasteiger partial charge in [-0.25, -0.2) is 24.6 Å². The molecule has 0 aliphatic heterocycles. The first-order valence-corrected chi connectivity index (χ1v) is 7.83. The standard InChI is InChI=1S/C17H14N8O/c26-17(13-3-5-20-15(8-13)24-7-6-18-11-24)22-9-14-2-1-4-21-16(14)25-12-19-10-23-25/h1-8,10-12H,9H2,(H,22,26). The molecule has 4 heterocycles. The molecule has 0 saturated heterocycles. The summed E-state index contributed by atoms with van der Waals surface area (Å²) in [5.41, 5.74) is 1.34. The van der Waals surface area contributed by atoms with Crippen molar-refractivity contribution in [1.29, 1.82) is 0 Å². The topological polar surface area (TPSA) is 103 Å². The zero-order chi connectivity index (χ0) is 17.8. The third-order valence-corrected chi connectivity index (χ3v) is 3.72. The minimum absolute atomic E-state index is 0.206. The Morgan fingerprint density at radius 2 is 2.04 bits per heavy atom. The van der Waals surface area contributed by atoms with Crippen LogP contribution in [0.1, 0.15) is 15.9 Å². The van der Waals surface area contributed by atoms with Crippen molar-refractivity contribution in [3.8, 4) is 11.6 Å². The van der Waals surface area contributed by atoms with Gasteiger partial charge in [-0.15, -0.1) is 0 Å². The molecule has 4 aromatic heterocycles. The minimum atomic E-state index is -0.206. The van der Waals surface area contributed by atoms with Crippen molar-refractivity contribution in [3.63, 3.8) is 0 Å². The highest BCUT2D eigenvalue weighted by molar-refractivity contribution is 5.94. The fourth-order valence-electron chi connectivity index (χ4n) is 2.47. The molecule has 128 valence electrons. The predicted molar refractivity (Wildman–Crippen MR) is 91.7 cm³/mol. The van der Waals surface area contributed by atoms with E-state index >= 15 is 0 Å². The second-order valence-electron chi connectivity index (χ2n) is 5.38. The van der Waals surface area contributed by atoms with Gasteiger partial charge in [0.1, 0.15) is 24.8 Å². The van der Waals surface area contributed by atoms with E-state index in [0.29, 0.717) is 23.7 Å². The first-order chi connectivity index (χ1) is 12.8. The normalized spacial score (nSPS) is 10.6. The molecule has 26 heavy (non-hydrogen) atoms. The fourth-order valence-corrected chi connectivity index (χ4v) is 2.47. The lowest BCUT2D eigenvalue weighted by Gasteiger charge is -2.10. The van der Waals surface area contributed by atoms with Crippen molar-refractivity contribution in [1.82, 2.24) is 39.6 Å². The Balaban J connectivity index is 1.51. The second-order valence-corrected chi connectivity index (χ2v) is 5.38. The van der Waals surface area contributed by atoms with Crippen LogP contribution in [0, 0.1) is 0 Å². The molecule has 0 aliphatic rings. The minimum Gasteiger partial charge on any atom is -0.348 e. The van der Waals surface area contributed by atoms with Gasteiger partial charge in [0.15, 0.2) is 5.82 Å². The number of rotatable bonds is 5. The van der Waals surface area contributed by atoms with E-state index in [-0.39, 0.29) is 5.91 Å². The van der Waals surface area contributed by atoms with E-state index in [2.05, 4.69) is 30.4 Å². The van der Waals surface area contributed by atoms with Gasteiger partial charge >= 0.3 is 0 Å².